The van der Waals surface area contributed by atoms with Crippen molar-refractivity contribution in [1.29, 1.82) is 0 Å². The van der Waals surface area contributed by atoms with Crippen molar-refractivity contribution in [2.75, 3.05) is 13.1 Å². The summed E-state index contributed by atoms with van der Waals surface area (Å²) in [4.78, 5) is 14.4. The average molecular weight is 357 g/mol. The van der Waals surface area contributed by atoms with Crippen LogP contribution in [0.25, 0.3) is 0 Å². The van der Waals surface area contributed by atoms with Gasteiger partial charge in [-0.1, -0.05) is 26.7 Å². The minimum atomic E-state index is 0. The molecule has 1 heterocycles. The highest BCUT2D eigenvalue weighted by molar-refractivity contribution is 5.75. The molecule has 1 aromatic heterocycles. The molecule has 0 fully saturated rings. The van der Waals surface area contributed by atoms with Crippen molar-refractivity contribution in [2.45, 2.75) is 59.4 Å². The van der Waals surface area contributed by atoms with Gasteiger partial charge in [0.25, 0.3) is 0 Å². The third kappa shape index (κ3) is 8.20. The van der Waals surface area contributed by atoms with Gasteiger partial charge >= 0.3 is 0 Å². The lowest BCUT2D eigenvalue weighted by Crippen LogP contribution is -3.00. The Balaban J connectivity index is 0.00000400. The van der Waals surface area contributed by atoms with E-state index < -0.39 is 0 Å². The zero-order valence-corrected chi connectivity index (χ0v) is 15.2. The number of hydrogen-bond donors (Lipinski definition) is 0. The molecule has 0 aliphatic rings. The molecule has 3 nitrogen and oxygen atoms in total. The third-order valence-corrected chi connectivity index (χ3v) is 3.56. The molecular formula is C17H29BrN2O. The molecule has 0 saturated heterocycles. The Labute approximate surface area is 140 Å². The molecule has 0 radical (unpaired) electrons. The summed E-state index contributed by atoms with van der Waals surface area (Å²) in [5, 5.41) is 0. The first-order chi connectivity index (χ1) is 9.67. The van der Waals surface area contributed by atoms with Crippen molar-refractivity contribution >= 4 is 5.91 Å². The Hall–Kier alpha value is -0.900. The predicted octanol–water partition coefficient (Wildman–Crippen LogP) is 0.105. The summed E-state index contributed by atoms with van der Waals surface area (Å²) in [6, 6.07) is 4.16. The molecule has 1 amide bonds. The van der Waals surface area contributed by atoms with Crippen LogP contribution in [0.4, 0.5) is 0 Å². The predicted molar refractivity (Wildman–Crippen MR) is 82.4 cm³/mol. The van der Waals surface area contributed by atoms with E-state index in [0.717, 1.165) is 45.3 Å². The molecule has 1 rings (SSSR count). The maximum absolute atomic E-state index is 12.3. The maximum Gasteiger partial charge on any atom is 0.228 e. The second-order valence-corrected chi connectivity index (χ2v) is 5.45. The van der Waals surface area contributed by atoms with Crippen molar-refractivity contribution < 1.29 is 26.3 Å². The summed E-state index contributed by atoms with van der Waals surface area (Å²) in [6.45, 7) is 9.01. The molecule has 0 aromatic carbocycles. The van der Waals surface area contributed by atoms with Crippen LogP contribution in [-0.2, 0) is 11.3 Å². The summed E-state index contributed by atoms with van der Waals surface area (Å²) >= 11 is 0. The lowest BCUT2D eigenvalue weighted by molar-refractivity contribution is -0.696. The van der Waals surface area contributed by atoms with Gasteiger partial charge in [-0.05, 0) is 25.3 Å². The number of nitrogens with zero attached hydrogens (tertiary/aromatic N) is 2. The fourth-order valence-electron chi connectivity index (χ4n) is 2.12. The SMILES string of the molecule is CCCCN(CCCC)C(=O)CC[n+]1ccc(C)cc1.[Br-]. The van der Waals surface area contributed by atoms with Crippen LogP contribution in [0.15, 0.2) is 24.5 Å². The quantitative estimate of drug-likeness (QED) is 0.576. The molecule has 0 spiro atoms. The van der Waals surface area contributed by atoms with Crippen molar-refractivity contribution in [3.8, 4) is 0 Å². The molecule has 1 aromatic rings. The lowest BCUT2D eigenvalue weighted by atomic mass is 10.2. The Kier molecular flexibility index (Phi) is 11.2. The zero-order chi connectivity index (χ0) is 14.8. The van der Waals surface area contributed by atoms with Gasteiger partial charge in [0, 0.05) is 25.2 Å². The van der Waals surface area contributed by atoms with Crippen LogP contribution in [-0.4, -0.2) is 23.9 Å². The van der Waals surface area contributed by atoms with Crippen LogP contribution in [0, 0.1) is 6.92 Å². The number of aryl methyl sites for hydroxylation is 2. The first-order valence-corrected chi connectivity index (χ1v) is 7.90. The van der Waals surface area contributed by atoms with Gasteiger partial charge in [0.15, 0.2) is 18.9 Å². The monoisotopic (exact) mass is 356 g/mol. The summed E-state index contributed by atoms with van der Waals surface area (Å²) in [5.41, 5.74) is 1.25. The minimum absolute atomic E-state index is 0. The maximum atomic E-state index is 12.3. The number of unbranched alkanes of at least 4 members (excludes halogenated alkanes) is 2. The first-order valence-electron chi connectivity index (χ1n) is 7.90. The molecule has 0 unspecified atom stereocenters. The summed E-state index contributed by atoms with van der Waals surface area (Å²) < 4.78 is 2.09. The summed E-state index contributed by atoms with van der Waals surface area (Å²) in [6.07, 6.45) is 9.18. The highest BCUT2D eigenvalue weighted by atomic mass is 79.9. The number of aromatic nitrogens is 1. The molecule has 0 aliphatic carbocycles. The average Bonchev–Trinajstić information content (AvgIpc) is 2.46. The Morgan fingerprint density at radius 2 is 1.62 bits per heavy atom. The molecule has 0 atom stereocenters. The topological polar surface area (TPSA) is 24.2 Å². The Bertz CT molecular complexity index is 384. The van der Waals surface area contributed by atoms with Gasteiger partial charge in [-0.25, -0.2) is 4.57 Å². The molecule has 0 aliphatic heterocycles. The molecule has 120 valence electrons. The van der Waals surface area contributed by atoms with Gasteiger partial charge in [0.1, 0.15) is 0 Å². The van der Waals surface area contributed by atoms with E-state index in [1.165, 1.54) is 5.56 Å². The Morgan fingerprint density at radius 1 is 1.10 bits per heavy atom. The van der Waals surface area contributed by atoms with E-state index in [1.807, 2.05) is 17.3 Å². The first kappa shape index (κ1) is 20.1. The molecule has 0 N–H and O–H groups in total. The Morgan fingerprint density at radius 3 is 2.10 bits per heavy atom. The fourth-order valence-corrected chi connectivity index (χ4v) is 2.12. The van der Waals surface area contributed by atoms with E-state index in [9.17, 15) is 4.79 Å². The van der Waals surface area contributed by atoms with Crippen molar-refractivity contribution in [3.05, 3.63) is 30.1 Å². The van der Waals surface area contributed by atoms with Crippen molar-refractivity contribution in [2.24, 2.45) is 0 Å². The third-order valence-electron chi connectivity index (χ3n) is 3.56. The fraction of sp³-hybridized carbons (Fsp3) is 0.647. The summed E-state index contributed by atoms with van der Waals surface area (Å²) in [5.74, 6) is 0.292. The molecule has 4 heteroatoms. The smallest absolute Gasteiger partial charge is 0.228 e. The number of halogens is 1. The number of pyridine rings is 1. The second kappa shape index (κ2) is 11.7. The van der Waals surface area contributed by atoms with Crippen molar-refractivity contribution in [1.82, 2.24) is 4.90 Å². The minimum Gasteiger partial charge on any atom is -1.00 e. The molecule has 0 bridgehead atoms. The normalized spacial score (nSPS) is 10.0. The van der Waals surface area contributed by atoms with E-state index in [-0.39, 0.29) is 17.0 Å². The van der Waals surface area contributed by atoms with Crippen LogP contribution in [0.5, 0.6) is 0 Å². The summed E-state index contributed by atoms with van der Waals surface area (Å²) in [7, 11) is 0. The van der Waals surface area contributed by atoms with Gasteiger partial charge < -0.3 is 21.9 Å². The number of rotatable bonds is 9. The molecular weight excluding hydrogens is 328 g/mol. The van der Waals surface area contributed by atoms with Crippen LogP contribution < -0.4 is 21.5 Å². The van der Waals surface area contributed by atoms with Crippen molar-refractivity contribution in [3.63, 3.8) is 0 Å². The van der Waals surface area contributed by atoms with Gasteiger partial charge in [-0.3, -0.25) is 4.79 Å². The molecule has 0 saturated carbocycles. The van der Waals surface area contributed by atoms with Gasteiger partial charge in [-0.15, -0.1) is 0 Å². The van der Waals surface area contributed by atoms with E-state index in [2.05, 4.69) is 37.5 Å². The van der Waals surface area contributed by atoms with Crippen LogP contribution in [0.1, 0.15) is 51.5 Å². The highest BCUT2D eigenvalue weighted by Gasteiger charge is 2.14. The van der Waals surface area contributed by atoms with E-state index in [4.69, 9.17) is 0 Å². The highest BCUT2D eigenvalue weighted by Crippen LogP contribution is 2.02. The number of carbonyl (C=O) groups is 1. The van der Waals surface area contributed by atoms with E-state index in [0.29, 0.717) is 12.3 Å². The van der Waals surface area contributed by atoms with Gasteiger partial charge in [-0.2, -0.15) is 0 Å². The second-order valence-electron chi connectivity index (χ2n) is 5.45. The number of carbonyl (C=O) groups excluding carboxylic acids is 1. The lowest BCUT2D eigenvalue weighted by Gasteiger charge is -2.21. The largest absolute Gasteiger partial charge is 1.00 e. The van der Waals surface area contributed by atoms with E-state index >= 15 is 0 Å². The molecule has 21 heavy (non-hydrogen) atoms. The number of hydrogen-bond acceptors (Lipinski definition) is 1. The van der Waals surface area contributed by atoms with Crippen LogP contribution >= 0.6 is 0 Å². The van der Waals surface area contributed by atoms with Crippen LogP contribution in [0.3, 0.4) is 0 Å². The number of amides is 1. The standard InChI is InChI=1S/C17H29N2O.BrH/c1-4-6-11-19(12-7-5-2)17(20)10-15-18-13-8-16(3)9-14-18;/h8-9,13-14H,4-7,10-12,15H2,1-3H3;1H/q+1;/p-1. The van der Waals surface area contributed by atoms with Gasteiger partial charge in [0.2, 0.25) is 5.91 Å². The zero-order valence-electron chi connectivity index (χ0n) is 13.6. The van der Waals surface area contributed by atoms with Gasteiger partial charge in [0.05, 0.1) is 6.42 Å². The van der Waals surface area contributed by atoms with Crippen LogP contribution in [0.2, 0.25) is 0 Å². The van der Waals surface area contributed by atoms with E-state index in [1.54, 1.807) is 0 Å².